The number of carbonyl (C=O) groups excluding carboxylic acids is 1. The van der Waals surface area contributed by atoms with Gasteiger partial charge in [0.1, 0.15) is 0 Å². The van der Waals surface area contributed by atoms with Crippen molar-refractivity contribution in [1.82, 2.24) is 14.3 Å². The van der Waals surface area contributed by atoms with Gasteiger partial charge in [-0.15, -0.1) is 0 Å². The largest absolute Gasteiger partial charge is 0.379 e. The average molecular weight is 496 g/mol. The van der Waals surface area contributed by atoms with Crippen molar-refractivity contribution in [2.24, 2.45) is 0 Å². The topological polar surface area (TPSA) is 105 Å². The third-order valence-corrected chi connectivity index (χ3v) is 8.47. The fourth-order valence-corrected chi connectivity index (χ4v) is 6.29. The molecule has 2 aliphatic rings. The van der Waals surface area contributed by atoms with Crippen molar-refractivity contribution in [3.05, 3.63) is 53.6 Å². The van der Waals surface area contributed by atoms with E-state index in [1.807, 2.05) is 31.2 Å². The zero-order valence-corrected chi connectivity index (χ0v) is 20.6. The van der Waals surface area contributed by atoms with Crippen LogP contribution in [0.5, 0.6) is 0 Å². The molecule has 0 radical (unpaired) electrons. The van der Waals surface area contributed by atoms with E-state index in [1.165, 1.54) is 10.4 Å². The Balaban J connectivity index is 1.49. The maximum absolute atomic E-state index is 13.4. The van der Waals surface area contributed by atoms with Crippen LogP contribution in [0.15, 0.2) is 47.4 Å². The molecule has 5 rings (SSSR count). The molecule has 1 N–H and O–H groups in total. The molecule has 1 amide bonds. The lowest BCUT2D eigenvalue weighted by Crippen LogP contribution is -2.41. The highest BCUT2D eigenvalue weighted by Crippen LogP contribution is 2.29. The summed E-state index contributed by atoms with van der Waals surface area (Å²) in [5.74, 6) is 0.602. The van der Waals surface area contributed by atoms with Crippen LogP contribution in [0.4, 0.5) is 11.6 Å². The number of rotatable bonds is 6. The average Bonchev–Trinajstić information content (AvgIpc) is 3.43. The quantitative estimate of drug-likeness (QED) is 0.560. The summed E-state index contributed by atoms with van der Waals surface area (Å²) in [5, 5.41) is 2.91. The number of amides is 1. The molecule has 3 heterocycles. The summed E-state index contributed by atoms with van der Waals surface area (Å²) < 4.78 is 33.5. The van der Waals surface area contributed by atoms with Gasteiger partial charge in [-0.05, 0) is 49.1 Å². The van der Waals surface area contributed by atoms with Gasteiger partial charge in [-0.1, -0.05) is 25.1 Å². The molecule has 2 saturated heterocycles. The number of carbonyl (C=O) groups is 1. The normalized spacial score (nSPS) is 17.1. The number of morpholine rings is 1. The molecule has 0 atom stereocenters. The molecule has 3 aromatic rings. The van der Waals surface area contributed by atoms with E-state index in [0.717, 1.165) is 31.4 Å². The number of anilines is 2. The van der Waals surface area contributed by atoms with Crippen molar-refractivity contribution in [3.8, 4) is 0 Å². The fraction of sp³-hybridized carbons (Fsp3) is 0.400. The van der Waals surface area contributed by atoms with Crippen molar-refractivity contribution in [2.45, 2.75) is 31.1 Å². The number of benzene rings is 2. The number of nitrogens with zero attached hydrogens (tertiary/aromatic N) is 4. The molecule has 2 aliphatic heterocycles. The molecule has 0 aliphatic carbocycles. The van der Waals surface area contributed by atoms with Crippen LogP contribution in [-0.2, 0) is 21.2 Å². The van der Waals surface area contributed by atoms with Crippen molar-refractivity contribution in [1.29, 1.82) is 0 Å². The Morgan fingerprint density at radius 3 is 2.37 bits per heavy atom. The number of sulfonamides is 1. The van der Waals surface area contributed by atoms with Crippen LogP contribution >= 0.6 is 0 Å². The first-order valence-corrected chi connectivity index (χ1v) is 13.5. The van der Waals surface area contributed by atoms with E-state index >= 15 is 0 Å². The van der Waals surface area contributed by atoms with Crippen LogP contribution in [-0.4, -0.2) is 68.0 Å². The highest BCUT2D eigenvalue weighted by atomic mass is 32.2. The van der Waals surface area contributed by atoms with Gasteiger partial charge in [0.25, 0.3) is 5.91 Å². The molecular formula is C25H29N5O4S. The molecule has 2 aromatic carbocycles. The van der Waals surface area contributed by atoms with E-state index in [-0.39, 0.29) is 10.5 Å². The second-order valence-corrected chi connectivity index (χ2v) is 10.6. The van der Waals surface area contributed by atoms with E-state index in [9.17, 15) is 13.2 Å². The zero-order valence-electron chi connectivity index (χ0n) is 19.7. The highest BCUT2D eigenvalue weighted by molar-refractivity contribution is 7.89. The number of nitrogens with one attached hydrogen (secondary N) is 1. The summed E-state index contributed by atoms with van der Waals surface area (Å²) in [7, 11) is -3.75. The van der Waals surface area contributed by atoms with Gasteiger partial charge in [0, 0.05) is 31.7 Å². The number of hydrogen-bond acceptors (Lipinski definition) is 7. The SMILES string of the molecule is CCc1ccc(C(=O)Nc2nc3ccccc3nc2N2CCCC2)cc1S(=O)(=O)N1CCOCC1. The van der Waals surface area contributed by atoms with Gasteiger partial charge in [-0.2, -0.15) is 4.31 Å². The number of hydrogen-bond donors (Lipinski definition) is 1. The molecule has 0 spiro atoms. The van der Waals surface area contributed by atoms with Gasteiger partial charge in [-0.3, -0.25) is 4.79 Å². The lowest BCUT2D eigenvalue weighted by molar-refractivity contribution is 0.0730. The lowest BCUT2D eigenvalue weighted by atomic mass is 10.1. The minimum absolute atomic E-state index is 0.166. The van der Waals surface area contributed by atoms with E-state index in [1.54, 1.807) is 12.1 Å². The molecule has 0 bridgehead atoms. The zero-order chi connectivity index (χ0) is 24.4. The summed E-state index contributed by atoms with van der Waals surface area (Å²) in [6.07, 6.45) is 2.66. The summed E-state index contributed by atoms with van der Waals surface area (Å²) in [6, 6.07) is 12.4. The Morgan fingerprint density at radius 2 is 1.69 bits per heavy atom. The Morgan fingerprint density at radius 1 is 1.00 bits per heavy atom. The second-order valence-electron chi connectivity index (χ2n) is 8.73. The number of fused-ring (bicyclic) bond motifs is 1. The maximum Gasteiger partial charge on any atom is 0.256 e. The first-order valence-electron chi connectivity index (χ1n) is 12.0. The maximum atomic E-state index is 13.4. The van der Waals surface area contributed by atoms with Crippen molar-refractivity contribution in [2.75, 3.05) is 49.6 Å². The first-order chi connectivity index (χ1) is 17.0. The van der Waals surface area contributed by atoms with Gasteiger partial charge in [0.15, 0.2) is 11.6 Å². The standard InChI is InChI=1S/C25H29N5O4S/c1-2-18-9-10-19(17-22(18)35(32,33)30-13-15-34-16-14-30)25(31)28-23-24(29-11-5-6-12-29)27-21-8-4-3-7-20(21)26-23/h3-4,7-10,17H,2,5-6,11-16H2,1H3,(H,26,28,31). The Hall–Kier alpha value is -3.08. The summed E-state index contributed by atoms with van der Waals surface area (Å²) >= 11 is 0. The highest BCUT2D eigenvalue weighted by Gasteiger charge is 2.29. The second kappa shape index (κ2) is 9.88. The molecule has 10 heteroatoms. The third-order valence-electron chi connectivity index (χ3n) is 6.49. The number of ether oxygens (including phenoxy) is 1. The van der Waals surface area contributed by atoms with Gasteiger partial charge < -0.3 is 15.0 Å². The van der Waals surface area contributed by atoms with Crippen molar-refractivity contribution >= 4 is 38.6 Å². The van der Waals surface area contributed by atoms with Crippen LogP contribution < -0.4 is 10.2 Å². The Bertz CT molecular complexity index is 1350. The molecule has 35 heavy (non-hydrogen) atoms. The predicted octanol–water partition coefficient (Wildman–Crippen LogP) is 3.07. The fourth-order valence-electron chi connectivity index (χ4n) is 4.56. The lowest BCUT2D eigenvalue weighted by Gasteiger charge is -2.27. The first kappa shape index (κ1) is 23.7. The van der Waals surface area contributed by atoms with E-state index < -0.39 is 15.9 Å². The molecular weight excluding hydrogens is 466 g/mol. The van der Waals surface area contributed by atoms with Crippen molar-refractivity contribution < 1.29 is 17.9 Å². The molecule has 9 nitrogen and oxygen atoms in total. The van der Waals surface area contributed by atoms with E-state index in [0.29, 0.717) is 55.4 Å². The van der Waals surface area contributed by atoms with Crippen LogP contribution in [0, 0.1) is 0 Å². The monoisotopic (exact) mass is 495 g/mol. The van der Waals surface area contributed by atoms with E-state index in [2.05, 4.69) is 15.2 Å². The minimum Gasteiger partial charge on any atom is -0.379 e. The van der Waals surface area contributed by atoms with Crippen LogP contribution in [0.1, 0.15) is 35.7 Å². The summed E-state index contributed by atoms with van der Waals surface area (Å²) in [4.78, 5) is 25.1. The molecule has 184 valence electrons. The summed E-state index contributed by atoms with van der Waals surface area (Å²) in [5.41, 5.74) is 2.38. The van der Waals surface area contributed by atoms with Crippen LogP contribution in [0.25, 0.3) is 11.0 Å². The Labute approximate surface area is 205 Å². The third kappa shape index (κ3) is 4.73. The van der Waals surface area contributed by atoms with Crippen LogP contribution in [0.2, 0.25) is 0 Å². The van der Waals surface area contributed by atoms with Crippen molar-refractivity contribution in [3.63, 3.8) is 0 Å². The van der Waals surface area contributed by atoms with Gasteiger partial charge >= 0.3 is 0 Å². The van der Waals surface area contributed by atoms with Gasteiger partial charge in [0.05, 0.1) is 29.1 Å². The molecule has 2 fully saturated rings. The molecule has 1 aromatic heterocycles. The number of aryl methyl sites for hydroxylation is 1. The smallest absolute Gasteiger partial charge is 0.256 e. The molecule has 0 saturated carbocycles. The minimum atomic E-state index is -3.75. The van der Waals surface area contributed by atoms with Gasteiger partial charge in [0.2, 0.25) is 10.0 Å². The predicted molar refractivity (Wildman–Crippen MR) is 134 cm³/mol. The van der Waals surface area contributed by atoms with E-state index in [4.69, 9.17) is 9.72 Å². The van der Waals surface area contributed by atoms with Crippen LogP contribution in [0.3, 0.4) is 0 Å². The number of para-hydroxylation sites is 2. The molecule has 0 unspecified atom stereocenters. The number of aromatic nitrogens is 2. The summed E-state index contributed by atoms with van der Waals surface area (Å²) in [6.45, 7) is 4.93. The Kier molecular flexibility index (Phi) is 6.68. The van der Waals surface area contributed by atoms with Gasteiger partial charge in [-0.25, -0.2) is 18.4 Å².